The molecule has 28 heavy (non-hydrogen) atoms. The van der Waals surface area contributed by atoms with E-state index < -0.39 is 15.8 Å². The van der Waals surface area contributed by atoms with E-state index in [1.54, 1.807) is 16.2 Å². The summed E-state index contributed by atoms with van der Waals surface area (Å²) >= 11 is 1.67. The van der Waals surface area contributed by atoms with Crippen LogP contribution in [0.1, 0.15) is 34.1 Å². The maximum absolute atomic E-state index is 13.1. The normalized spacial score (nSPS) is 20.8. The van der Waals surface area contributed by atoms with Crippen LogP contribution >= 0.6 is 11.3 Å². The summed E-state index contributed by atoms with van der Waals surface area (Å²) in [7, 11) is -3.67. The fraction of sp³-hybridized carbons (Fsp3) is 0.450. The Morgan fingerprint density at radius 3 is 2.50 bits per heavy atom. The number of piperazine rings is 1. The van der Waals surface area contributed by atoms with Crippen molar-refractivity contribution in [3.05, 3.63) is 51.5 Å². The van der Waals surface area contributed by atoms with Crippen molar-refractivity contribution in [1.82, 2.24) is 9.21 Å². The largest absolute Gasteiger partial charge is 0.336 e. The number of carbonyl (C=O) groups excluding carboxylic acids is 1. The van der Waals surface area contributed by atoms with Crippen LogP contribution in [0.25, 0.3) is 0 Å². The van der Waals surface area contributed by atoms with Gasteiger partial charge in [-0.3, -0.25) is 4.79 Å². The van der Waals surface area contributed by atoms with E-state index in [0.717, 1.165) is 37.0 Å². The molecule has 150 valence electrons. The summed E-state index contributed by atoms with van der Waals surface area (Å²) in [5, 5.41) is 1.96. The molecule has 1 aliphatic carbocycles. The molecule has 1 amide bonds. The van der Waals surface area contributed by atoms with Gasteiger partial charge in [0.1, 0.15) is 5.82 Å². The third-order valence-corrected chi connectivity index (χ3v) is 8.57. The van der Waals surface area contributed by atoms with Gasteiger partial charge < -0.3 is 4.90 Å². The van der Waals surface area contributed by atoms with Crippen molar-refractivity contribution >= 4 is 27.3 Å². The van der Waals surface area contributed by atoms with Gasteiger partial charge in [0.2, 0.25) is 10.0 Å². The molecule has 1 aromatic carbocycles. The number of nitrogens with zero attached hydrogens (tertiary/aromatic N) is 2. The van der Waals surface area contributed by atoms with Crippen molar-refractivity contribution in [1.29, 1.82) is 0 Å². The topological polar surface area (TPSA) is 57.7 Å². The van der Waals surface area contributed by atoms with Gasteiger partial charge in [-0.05, 0) is 55.0 Å². The van der Waals surface area contributed by atoms with Crippen molar-refractivity contribution in [2.75, 3.05) is 26.2 Å². The molecule has 0 bridgehead atoms. The third kappa shape index (κ3) is 3.60. The highest BCUT2D eigenvalue weighted by molar-refractivity contribution is 7.89. The molecule has 0 spiro atoms. The van der Waals surface area contributed by atoms with E-state index >= 15 is 0 Å². The van der Waals surface area contributed by atoms with Crippen LogP contribution in [0.15, 0.2) is 34.5 Å². The van der Waals surface area contributed by atoms with Crippen molar-refractivity contribution in [3.8, 4) is 0 Å². The first-order valence-electron chi connectivity index (χ1n) is 9.50. The Bertz CT molecular complexity index is 977. The predicted molar refractivity (Wildman–Crippen MR) is 107 cm³/mol. The van der Waals surface area contributed by atoms with E-state index in [-0.39, 0.29) is 23.9 Å². The Hall–Kier alpha value is -1.77. The summed E-state index contributed by atoms with van der Waals surface area (Å²) in [6.45, 7) is 3.45. The number of sulfonamides is 1. The molecule has 5 nitrogen and oxygen atoms in total. The number of carbonyl (C=O) groups is 1. The van der Waals surface area contributed by atoms with E-state index in [9.17, 15) is 17.6 Å². The number of rotatable bonds is 3. The van der Waals surface area contributed by atoms with Crippen molar-refractivity contribution in [2.45, 2.75) is 31.1 Å². The summed E-state index contributed by atoms with van der Waals surface area (Å²) < 4.78 is 39.9. The number of fused-ring (bicyclic) bond motifs is 1. The highest BCUT2D eigenvalue weighted by Gasteiger charge is 2.32. The summed E-state index contributed by atoms with van der Waals surface area (Å²) in [6, 6.07) is 4.85. The molecule has 2 aliphatic rings. The summed E-state index contributed by atoms with van der Waals surface area (Å²) in [5.41, 5.74) is 1.98. The van der Waals surface area contributed by atoms with E-state index in [4.69, 9.17) is 0 Å². The zero-order valence-electron chi connectivity index (χ0n) is 15.7. The van der Waals surface area contributed by atoms with Crippen molar-refractivity contribution in [2.24, 2.45) is 5.92 Å². The van der Waals surface area contributed by atoms with Gasteiger partial charge in [-0.2, -0.15) is 4.31 Å². The van der Waals surface area contributed by atoms with Crippen LogP contribution in [0, 0.1) is 11.7 Å². The monoisotopic (exact) mass is 422 g/mol. The van der Waals surface area contributed by atoms with Crippen LogP contribution < -0.4 is 0 Å². The summed E-state index contributed by atoms with van der Waals surface area (Å²) in [5.74, 6) is 0.197. The van der Waals surface area contributed by atoms with Gasteiger partial charge in [-0.1, -0.05) is 6.92 Å². The minimum atomic E-state index is -3.67. The predicted octanol–water partition coefficient (Wildman–Crippen LogP) is 3.16. The molecule has 8 heteroatoms. The fourth-order valence-corrected chi connectivity index (χ4v) is 6.57. The maximum Gasteiger partial charge on any atom is 0.255 e. The molecule has 1 aromatic heterocycles. The molecule has 2 aromatic rings. The third-order valence-electron chi connectivity index (χ3n) is 5.61. The highest BCUT2D eigenvalue weighted by atomic mass is 32.2. The zero-order chi connectivity index (χ0) is 19.9. The van der Waals surface area contributed by atoms with Crippen LogP contribution in [0.4, 0.5) is 4.39 Å². The average molecular weight is 423 g/mol. The second-order valence-corrected chi connectivity index (χ2v) is 10.5. The van der Waals surface area contributed by atoms with E-state index in [1.807, 2.05) is 5.38 Å². The number of thiophene rings is 1. The number of halogens is 1. The second kappa shape index (κ2) is 7.57. The first-order chi connectivity index (χ1) is 13.4. The molecule has 2 heterocycles. The van der Waals surface area contributed by atoms with E-state index in [1.165, 1.54) is 26.9 Å². The number of benzene rings is 1. The SMILES string of the molecule is CC1CCc2c(C(=O)N3CCN(S(=O)(=O)c4ccc(F)cc4)CC3)csc2C1. The second-order valence-electron chi connectivity index (χ2n) is 7.55. The van der Waals surface area contributed by atoms with Crippen molar-refractivity contribution in [3.63, 3.8) is 0 Å². The molecule has 0 saturated carbocycles. The van der Waals surface area contributed by atoms with Gasteiger partial charge >= 0.3 is 0 Å². The molecular formula is C20H23FN2O3S2. The lowest BCUT2D eigenvalue weighted by atomic mass is 9.88. The molecule has 0 N–H and O–H groups in total. The Labute approximate surface area is 168 Å². The van der Waals surface area contributed by atoms with Gasteiger partial charge in [-0.15, -0.1) is 11.3 Å². The molecule has 0 radical (unpaired) electrons. The van der Waals surface area contributed by atoms with Crippen molar-refractivity contribution < 1.29 is 17.6 Å². The molecular weight excluding hydrogens is 399 g/mol. The van der Waals surface area contributed by atoms with Gasteiger partial charge in [0, 0.05) is 36.4 Å². The Morgan fingerprint density at radius 2 is 1.82 bits per heavy atom. The Kier molecular flexibility index (Phi) is 5.28. The molecule has 1 aliphatic heterocycles. The lowest BCUT2D eigenvalue weighted by Crippen LogP contribution is -2.50. The van der Waals surface area contributed by atoms with E-state index in [2.05, 4.69) is 6.92 Å². The fourth-order valence-electron chi connectivity index (χ4n) is 3.91. The lowest BCUT2D eigenvalue weighted by molar-refractivity contribution is 0.0697. The Morgan fingerprint density at radius 1 is 1.14 bits per heavy atom. The van der Waals surface area contributed by atoms with Gasteiger partial charge in [-0.25, -0.2) is 12.8 Å². The van der Waals surface area contributed by atoms with E-state index in [0.29, 0.717) is 19.0 Å². The number of hydrogen-bond acceptors (Lipinski definition) is 4. The zero-order valence-corrected chi connectivity index (χ0v) is 17.4. The summed E-state index contributed by atoms with van der Waals surface area (Å²) in [6.07, 6.45) is 3.09. The average Bonchev–Trinajstić information content (AvgIpc) is 3.11. The smallest absolute Gasteiger partial charge is 0.255 e. The first-order valence-corrected chi connectivity index (χ1v) is 11.8. The van der Waals surface area contributed by atoms with Crippen LogP contribution in [0.3, 0.4) is 0 Å². The van der Waals surface area contributed by atoms with Crippen LogP contribution in [0.5, 0.6) is 0 Å². The van der Waals surface area contributed by atoms with Crippen LogP contribution in [0.2, 0.25) is 0 Å². The standard InChI is InChI=1S/C20H23FN2O3S2/c1-14-2-7-17-18(13-27-19(17)12-14)20(24)22-8-10-23(11-9-22)28(25,26)16-5-3-15(21)4-6-16/h3-6,13-14H,2,7-12H2,1H3. The summed E-state index contributed by atoms with van der Waals surface area (Å²) in [4.78, 5) is 16.1. The lowest BCUT2D eigenvalue weighted by Gasteiger charge is -2.34. The molecule has 1 fully saturated rings. The highest BCUT2D eigenvalue weighted by Crippen LogP contribution is 2.33. The van der Waals surface area contributed by atoms with Crippen LogP contribution in [-0.4, -0.2) is 49.7 Å². The molecule has 1 saturated heterocycles. The Balaban J connectivity index is 1.44. The molecule has 4 rings (SSSR count). The first kappa shape index (κ1) is 19.5. The van der Waals surface area contributed by atoms with Gasteiger partial charge in [0.15, 0.2) is 0 Å². The number of hydrogen-bond donors (Lipinski definition) is 0. The number of amides is 1. The molecule has 1 unspecified atom stereocenters. The van der Waals surface area contributed by atoms with Gasteiger partial charge in [0.25, 0.3) is 5.91 Å². The van der Waals surface area contributed by atoms with Gasteiger partial charge in [0.05, 0.1) is 10.5 Å². The quantitative estimate of drug-likeness (QED) is 0.764. The van der Waals surface area contributed by atoms with Crippen LogP contribution in [-0.2, 0) is 22.9 Å². The minimum absolute atomic E-state index is 0.00545. The maximum atomic E-state index is 13.1. The molecule has 1 atom stereocenters. The minimum Gasteiger partial charge on any atom is -0.336 e.